The van der Waals surface area contributed by atoms with E-state index in [-0.39, 0.29) is 17.8 Å². The van der Waals surface area contributed by atoms with E-state index >= 15 is 0 Å². The van der Waals surface area contributed by atoms with Gasteiger partial charge in [-0.05, 0) is 60.0 Å². The number of nitrogens with one attached hydrogen (secondary N) is 1. The molecule has 0 atom stereocenters. The summed E-state index contributed by atoms with van der Waals surface area (Å²) >= 11 is 6.13. The zero-order chi connectivity index (χ0) is 22.5. The van der Waals surface area contributed by atoms with Gasteiger partial charge in [0.05, 0.1) is 0 Å². The van der Waals surface area contributed by atoms with E-state index in [2.05, 4.69) is 5.32 Å². The molecular formula is C25H23ClFN3O2. The number of rotatable bonds is 6. The first kappa shape index (κ1) is 21.8. The van der Waals surface area contributed by atoms with Gasteiger partial charge in [0.2, 0.25) is 0 Å². The van der Waals surface area contributed by atoms with E-state index < -0.39 is 0 Å². The van der Waals surface area contributed by atoms with Gasteiger partial charge in [-0.15, -0.1) is 0 Å². The lowest BCUT2D eigenvalue weighted by molar-refractivity contribution is 0.0951. The van der Waals surface area contributed by atoms with Crippen LogP contribution in [-0.4, -0.2) is 29.9 Å². The van der Waals surface area contributed by atoms with E-state index in [9.17, 15) is 14.0 Å². The summed E-state index contributed by atoms with van der Waals surface area (Å²) in [5.74, 6) is -0.504. The van der Waals surface area contributed by atoms with Crippen LogP contribution in [0.25, 0.3) is 0 Å². The lowest BCUT2D eigenvalue weighted by Gasteiger charge is -2.35. The zero-order valence-electron chi connectivity index (χ0n) is 17.4. The smallest absolute Gasteiger partial charge is 0.324 e. The van der Waals surface area contributed by atoms with Gasteiger partial charge in [0.1, 0.15) is 5.82 Å². The summed E-state index contributed by atoms with van der Waals surface area (Å²) in [5, 5.41) is 3.47. The summed E-state index contributed by atoms with van der Waals surface area (Å²) in [4.78, 5) is 28.9. The molecule has 0 aliphatic carbocycles. The van der Waals surface area contributed by atoms with E-state index in [1.807, 2.05) is 18.2 Å². The molecule has 5 nitrogen and oxygen atoms in total. The van der Waals surface area contributed by atoms with Crippen LogP contribution in [0.1, 0.15) is 27.9 Å². The third kappa shape index (κ3) is 5.08. The van der Waals surface area contributed by atoms with Crippen LogP contribution in [-0.2, 0) is 13.1 Å². The monoisotopic (exact) mass is 451 g/mol. The van der Waals surface area contributed by atoms with E-state index in [0.29, 0.717) is 36.8 Å². The highest BCUT2D eigenvalue weighted by atomic mass is 35.5. The van der Waals surface area contributed by atoms with Crippen LogP contribution in [0.15, 0.2) is 72.8 Å². The van der Waals surface area contributed by atoms with Gasteiger partial charge in [-0.1, -0.05) is 41.9 Å². The molecule has 0 aromatic heterocycles. The van der Waals surface area contributed by atoms with E-state index in [0.717, 1.165) is 23.2 Å². The van der Waals surface area contributed by atoms with Crippen LogP contribution in [0, 0.1) is 5.82 Å². The Labute approximate surface area is 191 Å². The molecule has 0 unspecified atom stereocenters. The predicted molar refractivity (Wildman–Crippen MR) is 123 cm³/mol. The van der Waals surface area contributed by atoms with Crippen LogP contribution in [0.5, 0.6) is 0 Å². The maximum absolute atomic E-state index is 13.1. The van der Waals surface area contributed by atoms with Crippen LogP contribution in [0.2, 0.25) is 5.02 Å². The highest BCUT2D eigenvalue weighted by Gasteiger charge is 2.27. The predicted octanol–water partition coefficient (Wildman–Crippen LogP) is 5.24. The average molecular weight is 452 g/mol. The normalized spacial score (nSPS) is 13.9. The fourth-order valence-corrected chi connectivity index (χ4v) is 3.89. The van der Waals surface area contributed by atoms with Gasteiger partial charge in [-0.25, -0.2) is 9.18 Å². The van der Waals surface area contributed by atoms with Gasteiger partial charge >= 0.3 is 6.03 Å². The lowest BCUT2D eigenvalue weighted by Crippen LogP contribution is -2.49. The molecule has 0 bridgehead atoms. The summed E-state index contributed by atoms with van der Waals surface area (Å²) in [5.41, 5.74) is 2.97. The first-order valence-electron chi connectivity index (χ1n) is 10.4. The molecule has 1 aliphatic heterocycles. The molecule has 3 aromatic rings. The molecule has 0 spiro atoms. The maximum Gasteiger partial charge on any atom is 0.324 e. The Morgan fingerprint density at radius 1 is 0.969 bits per heavy atom. The Balaban J connectivity index is 1.39. The molecule has 1 heterocycles. The summed E-state index contributed by atoms with van der Waals surface area (Å²) < 4.78 is 13.1. The maximum atomic E-state index is 13.1. The number of nitrogens with zero attached hydrogens (tertiary/aromatic N) is 2. The fourth-order valence-electron chi connectivity index (χ4n) is 3.69. The quantitative estimate of drug-likeness (QED) is 0.557. The lowest BCUT2D eigenvalue weighted by atomic mass is 10.1. The number of hydrogen-bond donors (Lipinski definition) is 1. The van der Waals surface area contributed by atoms with Gasteiger partial charge in [-0.2, -0.15) is 0 Å². The molecule has 1 saturated heterocycles. The number of carbonyl (C=O) groups excluding carboxylic acids is 2. The SMILES string of the molecule is O=C(NCc1ccccc1Cl)c1ccc(N2CCCN(Cc3ccc(F)cc3)C2=O)cc1. The van der Waals surface area contributed by atoms with Crippen LogP contribution < -0.4 is 10.2 Å². The summed E-state index contributed by atoms with van der Waals surface area (Å²) in [6.07, 6.45) is 0.826. The van der Waals surface area contributed by atoms with Crippen molar-refractivity contribution in [2.24, 2.45) is 0 Å². The third-order valence-corrected chi connectivity index (χ3v) is 5.80. The van der Waals surface area contributed by atoms with Crippen molar-refractivity contribution in [2.75, 3.05) is 18.0 Å². The van der Waals surface area contributed by atoms with E-state index in [4.69, 9.17) is 11.6 Å². The molecule has 32 heavy (non-hydrogen) atoms. The molecule has 0 saturated carbocycles. The summed E-state index contributed by atoms with van der Waals surface area (Å²) in [6.45, 7) is 2.02. The fraction of sp³-hybridized carbons (Fsp3) is 0.200. The van der Waals surface area contributed by atoms with Crippen molar-refractivity contribution in [3.63, 3.8) is 0 Å². The van der Waals surface area contributed by atoms with Gasteiger partial charge < -0.3 is 10.2 Å². The van der Waals surface area contributed by atoms with Gasteiger partial charge in [-0.3, -0.25) is 9.69 Å². The van der Waals surface area contributed by atoms with Crippen LogP contribution >= 0.6 is 11.6 Å². The number of anilines is 1. The van der Waals surface area contributed by atoms with Gasteiger partial charge in [0.15, 0.2) is 0 Å². The average Bonchev–Trinajstić information content (AvgIpc) is 2.81. The van der Waals surface area contributed by atoms with Crippen molar-refractivity contribution in [2.45, 2.75) is 19.5 Å². The number of hydrogen-bond acceptors (Lipinski definition) is 2. The highest BCUT2D eigenvalue weighted by Crippen LogP contribution is 2.22. The minimum absolute atomic E-state index is 0.100. The molecule has 1 fully saturated rings. The number of amides is 3. The standard InChI is InChI=1S/C25H23ClFN3O2/c26-23-5-2-1-4-20(23)16-28-24(31)19-8-12-22(13-9-19)30-15-3-14-29(25(30)32)17-18-6-10-21(27)11-7-18/h1-2,4-13H,3,14-17H2,(H,28,31). The molecule has 1 N–H and O–H groups in total. The molecule has 3 aromatic carbocycles. The van der Waals surface area contributed by atoms with Crippen molar-refractivity contribution in [1.29, 1.82) is 0 Å². The summed E-state index contributed by atoms with van der Waals surface area (Å²) in [7, 11) is 0. The topological polar surface area (TPSA) is 52.7 Å². The first-order valence-corrected chi connectivity index (χ1v) is 10.8. The number of halogens is 2. The molecule has 4 rings (SSSR count). The molecule has 3 amide bonds. The Bertz CT molecular complexity index is 1100. The Morgan fingerprint density at radius 2 is 1.69 bits per heavy atom. The summed E-state index contributed by atoms with van der Waals surface area (Å²) in [6, 6.07) is 20.4. The molecule has 1 aliphatic rings. The van der Waals surface area contributed by atoms with Gasteiger partial charge in [0.25, 0.3) is 5.91 Å². The molecule has 0 radical (unpaired) electrons. The van der Waals surface area contributed by atoms with E-state index in [1.54, 1.807) is 52.3 Å². The number of urea groups is 1. The van der Waals surface area contributed by atoms with Gasteiger partial charge in [0, 0.05) is 42.5 Å². The first-order chi connectivity index (χ1) is 15.5. The second-order valence-electron chi connectivity index (χ2n) is 7.66. The van der Waals surface area contributed by atoms with Crippen molar-refractivity contribution in [1.82, 2.24) is 10.2 Å². The van der Waals surface area contributed by atoms with Crippen LogP contribution in [0.3, 0.4) is 0 Å². The molecule has 164 valence electrons. The second kappa shape index (κ2) is 9.83. The molecular weight excluding hydrogens is 429 g/mol. The van der Waals surface area contributed by atoms with Crippen molar-refractivity contribution >= 4 is 29.2 Å². The zero-order valence-corrected chi connectivity index (χ0v) is 18.2. The number of carbonyl (C=O) groups is 2. The Hall–Kier alpha value is -3.38. The van der Waals surface area contributed by atoms with Crippen molar-refractivity contribution in [3.05, 3.63) is 100 Å². The highest BCUT2D eigenvalue weighted by molar-refractivity contribution is 6.31. The molecule has 7 heteroatoms. The van der Waals surface area contributed by atoms with Crippen molar-refractivity contribution in [3.8, 4) is 0 Å². The largest absolute Gasteiger partial charge is 0.348 e. The van der Waals surface area contributed by atoms with E-state index in [1.165, 1.54) is 12.1 Å². The van der Waals surface area contributed by atoms with Crippen molar-refractivity contribution < 1.29 is 14.0 Å². The minimum Gasteiger partial charge on any atom is -0.348 e. The second-order valence-corrected chi connectivity index (χ2v) is 8.06. The Morgan fingerprint density at radius 3 is 2.41 bits per heavy atom. The van der Waals surface area contributed by atoms with Crippen LogP contribution in [0.4, 0.5) is 14.9 Å². The minimum atomic E-state index is -0.295. The third-order valence-electron chi connectivity index (χ3n) is 5.44. The number of benzene rings is 3. The Kier molecular flexibility index (Phi) is 6.71.